The predicted molar refractivity (Wildman–Crippen MR) is 135 cm³/mol. The molecule has 1 N–H and O–H groups in total. The topological polar surface area (TPSA) is 132 Å². The van der Waals surface area contributed by atoms with Crippen LogP contribution in [-0.2, 0) is 35.6 Å². The molecule has 11 nitrogen and oxygen atoms in total. The van der Waals surface area contributed by atoms with Crippen molar-refractivity contribution in [2.24, 2.45) is 5.92 Å². The summed E-state index contributed by atoms with van der Waals surface area (Å²) in [6, 6.07) is 11.3. The normalized spacial score (nSPS) is 15.5. The average molecular weight is 534 g/mol. The van der Waals surface area contributed by atoms with Crippen LogP contribution in [0.4, 0.5) is 5.69 Å². The SMILES string of the molecule is COc1ccc(CCN2C[C@H](C(=O)OCC(=O)Nc3cccc(S(=O)(=O)N(C)C)c3)CC2=O)cc1OC. The fraction of sp³-hybridized carbons (Fsp3) is 0.400. The number of sulfonamides is 1. The van der Waals surface area contributed by atoms with Gasteiger partial charge in [0.25, 0.3) is 5.91 Å². The Hall–Kier alpha value is -3.64. The largest absolute Gasteiger partial charge is 0.493 e. The first kappa shape index (κ1) is 27.9. The van der Waals surface area contributed by atoms with E-state index in [-0.39, 0.29) is 29.5 Å². The van der Waals surface area contributed by atoms with Crippen molar-refractivity contribution in [1.82, 2.24) is 9.21 Å². The van der Waals surface area contributed by atoms with Gasteiger partial charge in [0.2, 0.25) is 15.9 Å². The molecule has 1 atom stereocenters. The van der Waals surface area contributed by atoms with Crippen LogP contribution in [0.1, 0.15) is 12.0 Å². The van der Waals surface area contributed by atoms with E-state index in [9.17, 15) is 22.8 Å². The molecule has 37 heavy (non-hydrogen) atoms. The van der Waals surface area contributed by atoms with Crippen LogP contribution in [0.3, 0.4) is 0 Å². The number of rotatable bonds is 11. The summed E-state index contributed by atoms with van der Waals surface area (Å²) in [6.45, 7) is 0.0711. The maximum atomic E-state index is 12.5. The highest BCUT2D eigenvalue weighted by Gasteiger charge is 2.35. The van der Waals surface area contributed by atoms with E-state index in [2.05, 4.69) is 5.32 Å². The second-order valence-electron chi connectivity index (χ2n) is 8.65. The van der Waals surface area contributed by atoms with Crippen LogP contribution < -0.4 is 14.8 Å². The van der Waals surface area contributed by atoms with Gasteiger partial charge in [-0.05, 0) is 42.3 Å². The molecule has 200 valence electrons. The molecule has 1 saturated heterocycles. The number of ether oxygens (including phenoxy) is 3. The number of carbonyl (C=O) groups excluding carboxylic acids is 3. The monoisotopic (exact) mass is 533 g/mol. The van der Waals surface area contributed by atoms with Crippen LogP contribution in [0.2, 0.25) is 0 Å². The second kappa shape index (κ2) is 12.1. The van der Waals surface area contributed by atoms with Crippen LogP contribution in [0.5, 0.6) is 11.5 Å². The standard InChI is InChI=1S/C25H31N3O8S/c1-27(2)37(32,33)20-7-5-6-19(14-20)26-23(29)16-36-25(31)18-13-24(30)28(15-18)11-10-17-8-9-21(34-3)22(12-17)35-4/h5-9,12,14,18H,10-11,13,15-16H2,1-4H3,(H,26,29)/t18-/m1/s1. The number of anilines is 1. The second-order valence-corrected chi connectivity index (χ2v) is 10.8. The van der Waals surface area contributed by atoms with Gasteiger partial charge in [0.1, 0.15) is 0 Å². The van der Waals surface area contributed by atoms with E-state index >= 15 is 0 Å². The molecule has 0 unspecified atom stereocenters. The Balaban J connectivity index is 1.49. The van der Waals surface area contributed by atoms with Crippen molar-refractivity contribution in [3.8, 4) is 11.5 Å². The number of nitrogens with zero attached hydrogens (tertiary/aromatic N) is 2. The number of nitrogens with one attached hydrogen (secondary N) is 1. The summed E-state index contributed by atoms with van der Waals surface area (Å²) < 4.78 is 41.3. The lowest BCUT2D eigenvalue weighted by molar-refractivity contribution is -0.151. The Morgan fingerprint density at radius 2 is 1.81 bits per heavy atom. The Kier molecular flexibility index (Phi) is 9.11. The minimum Gasteiger partial charge on any atom is -0.493 e. The van der Waals surface area contributed by atoms with E-state index in [1.54, 1.807) is 25.2 Å². The van der Waals surface area contributed by atoms with E-state index < -0.39 is 34.4 Å². The zero-order valence-corrected chi connectivity index (χ0v) is 22.0. The van der Waals surface area contributed by atoms with Gasteiger partial charge in [-0.1, -0.05) is 12.1 Å². The van der Waals surface area contributed by atoms with Crippen LogP contribution in [0.15, 0.2) is 47.4 Å². The third-order valence-electron chi connectivity index (χ3n) is 5.91. The number of hydrogen-bond donors (Lipinski definition) is 1. The number of amides is 2. The first-order valence-corrected chi connectivity index (χ1v) is 13.0. The minimum atomic E-state index is -3.66. The molecule has 2 aromatic carbocycles. The van der Waals surface area contributed by atoms with Crippen molar-refractivity contribution < 1.29 is 37.0 Å². The Labute approximate surface area is 216 Å². The zero-order valence-electron chi connectivity index (χ0n) is 21.2. The molecular formula is C25H31N3O8S. The molecule has 0 bridgehead atoms. The highest BCUT2D eigenvalue weighted by Crippen LogP contribution is 2.28. The van der Waals surface area contributed by atoms with Gasteiger partial charge in [-0.25, -0.2) is 12.7 Å². The molecule has 0 saturated carbocycles. The van der Waals surface area contributed by atoms with E-state index in [1.165, 1.54) is 38.4 Å². The molecule has 1 fully saturated rings. The van der Waals surface area contributed by atoms with E-state index in [0.717, 1.165) is 9.87 Å². The number of benzene rings is 2. The van der Waals surface area contributed by atoms with Gasteiger partial charge in [0, 0.05) is 39.3 Å². The van der Waals surface area contributed by atoms with E-state index in [0.29, 0.717) is 24.5 Å². The van der Waals surface area contributed by atoms with Gasteiger partial charge in [0.15, 0.2) is 18.1 Å². The lowest BCUT2D eigenvalue weighted by atomic mass is 10.1. The summed E-state index contributed by atoms with van der Waals surface area (Å²) in [4.78, 5) is 38.8. The average Bonchev–Trinajstić information content (AvgIpc) is 3.26. The number of hydrogen-bond acceptors (Lipinski definition) is 8. The molecule has 0 aromatic heterocycles. The minimum absolute atomic E-state index is 0.0107. The van der Waals surface area contributed by atoms with Gasteiger partial charge in [0.05, 0.1) is 25.0 Å². The van der Waals surface area contributed by atoms with Crippen molar-refractivity contribution in [3.05, 3.63) is 48.0 Å². The third kappa shape index (κ3) is 6.98. The van der Waals surface area contributed by atoms with Gasteiger partial charge >= 0.3 is 5.97 Å². The summed E-state index contributed by atoms with van der Waals surface area (Å²) in [5, 5.41) is 2.52. The first-order chi connectivity index (χ1) is 17.5. The molecule has 1 aliphatic rings. The van der Waals surface area contributed by atoms with Crippen LogP contribution in [0.25, 0.3) is 0 Å². The highest BCUT2D eigenvalue weighted by molar-refractivity contribution is 7.89. The van der Waals surface area contributed by atoms with Gasteiger partial charge in [-0.2, -0.15) is 0 Å². The molecule has 3 rings (SSSR count). The quantitative estimate of drug-likeness (QED) is 0.430. The summed E-state index contributed by atoms with van der Waals surface area (Å²) in [5.74, 6) is -0.881. The van der Waals surface area contributed by atoms with Crippen molar-refractivity contribution in [2.45, 2.75) is 17.7 Å². The Morgan fingerprint density at radius 1 is 1.08 bits per heavy atom. The molecule has 1 aliphatic heterocycles. The lowest BCUT2D eigenvalue weighted by Gasteiger charge is -2.17. The fourth-order valence-electron chi connectivity index (χ4n) is 3.84. The summed E-state index contributed by atoms with van der Waals surface area (Å²) >= 11 is 0. The molecule has 2 aromatic rings. The van der Waals surface area contributed by atoms with Gasteiger partial charge in [-0.15, -0.1) is 0 Å². The number of likely N-dealkylation sites (tertiary alicyclic amines) is 1. The lowest BCUT2D eigenvalue weighted by Crippen LogP contribution is -2.29. The molecule has 0 aliphatic carbocycles. The molecular weight excluding hydrogens is 502 g/mol. The Bertz CT molecular complexity index is 1260. The maximum Gasteiger partial charge on any atom is 0.311 e. The maximum absolute atomic E-state index is 12.5. The highest BCUT2D eigenvalue weighted by atomic mass is 32.2. The third-order valence-corrected chi connectivity index (χ3v) is 7.72. The summed E-state index contributed by atoms with van der Waals surface area (Å²) in [6.07, 6.45) is 0.579. The van der Waals surface area contributed by atoms with Crippen molar-refractivity contribution in [3.63, 3.8) is 0 Å². The number of carbonyl (C=O) groups is 3. The molecule has 12 heteroatoms. The summed E-state index contributed by atoms with van der Waals surface area (Å²) in [5.41, 5.74) is 1.21. The zero-order chi connectivity index (χ0) is 27.2. The van der Waals surface area contributed by atoms with Crippen molar-refractivity contribution >= 4 is 33.5 Å². The van der Waals surface area contributed by atoms with Crippen molar-refractivity contribution in [1.29, 1.82) is 0 Å². The fourth-order valence-corrected chi connectivity index (χ4v) is 4.79. The summed E-state index contributed by atoms with van der Waals surface area (Å²) in [7, 11) is 2.26. The van der Waals surface area contributed by atoms with Crippen LogP contribution in [0, 0.1) is 5.92 Å². The smallest absolute Gasteiger partial charge is 0.311 e. The van der Waals surface area contributed by atoms with E-state index in [4.69, 9.17) is 14.2 Å². The van der Waals surface area contributed by atoms with Crippen molar-refractivity contribution in [2.75, 3.05) is 53.3 Å². The molecule has 1 heterocycles. The van der Waals surface area contributed by atoms with Gasteiger partial charge in [-0.3, -0.25) is 14.4 Å². The predicted octanol–water partition coefficient (Wildman–Crippen LogP) is 1.53. The number of methoxy groups -OCH3 is 2. The van der Waals surface area contributed by atoms with Crippen LogP contribution >= 0.6 is 0 Å². The molecule has 0 radical (unpaired) electrons. The van der Waals surface area contributed by atoms with E-state index in [1.807, 2.05) is 12.1 Å². The number of esters is 1. The Morgan fingerprint density at radius 3 is 2.49 bits per heavy atom. The molecule has 0 spiro atoms. The van der Waals surface area contributed by atoms with Gasteiger partial charge < -0.3 is 24.4 Å². The molecule has 2 amide bonds. The van der Waals surface area contributed by atoms with Crippen LogP contribution in [-0.4, -0.2) is 83.4 Å². The first-order valence-electron chi connectivity index (χ1n) is 11.5.